The van der Waals surface area contributed by atoms with Gasteiger partial charge in [-0.1, -0.05) is 18.2 Å². The molecule has 0 bridgehead atoms. The quantitative estimate of drug-likeness (QED) is 0.570. The van der Waals surface area contributed by atoms with Gasteiger partial charge in [-0.3, -0.25) is 4.79 Å². The second-order valence-electron chi connectivity index (χ2n) is 7.04. The van der Waals surface area contributed by atoms with E-state index in [0.29, 0.717) is 11.5 Å². The molecule has 0 amide bonds. The molecule has 1 N–H and O–H groups in total. The van der Waals surface area contributed by atoms with E-state index < -0.39 is 27.6 Å². The van der Waals surface area contributed by atoms with Crippen molar-refractivity contribution in [1.82, 2.24) is 4.81 Å². The van der Waals surface area contributed by atoms with Crippen molar-refractivity contribution < 1.29 is 27.7 Å². The first kappa shape index (κ1) is 21.4. The minimum Gasteiger partial charge on any atom is -0.468 e. The summed E-state index contributed by atoms with van der Waals surface area (Å²) < 4.78 is 35.8. The average molecular weight is 417 g/mol. The van der Waals surface area contributed by atoms with E-state index in [1.165, 1.54) is 19.2 Å². The number of piperidine rings is 1. The number of sulfone groups is 1. The number of hydrogen-bond acceptors (Lipinski definition) is 7. The van der Waals surface area contributed by atoms with Crippen molar-refractivity contribution in [3.8, 4) is 11.5 Å². The predicted molar refractivity (Wildman–Crippen MR) is 110 cm³/mol. The lowest BCUT2D eigenvalue weighted by Crippen LogP contribution is -2.57. The summed E-state index contributed by atoms with van der Waals surface area (Å²) in [6.45, 7) is 2.17. The van der Waals surface area contributed by atoms with Crippen molar-refractivity contribution in [1.29, 1.82) is 0 Å². The Balaban J connectivity index is 1.87. The van der Waals surface area contributed by atoms with Crippen LogP contribution in [-0.4, -0.2) is 56.2 Å². The summed E-state index contributed by atoms with van der Waals surface area (Å²) >= 11 is 0. The number of hydrogen-bond donors (Lipinski definition) is 1. The van der Waals surface area contributed by atoms with Crippen molar-refractivity contribution in [3.63, 3.8) is 0 Å². The Morgan fingerprint density at radius 2 is 1.59 bits per heavy atom. The Morgan fingerprint density at radius 1 is 1.03 bits per heavy atom. The van der Waals surface area contributed by atoms with E-state index in [2.05, 4.69) is 0 Å². The third-order valence-corrected chi connectivity index (χ3v) is 7.82. The fourth-order valence-electron chi connectivity index (χ4n) is 3.56. The zero-order valence-corrected chi connectivity index (χ0v) is 17.3. The number of nitrogens with zero attached hydrogens (tertiary/aromatic N) is 1. The second-order valence-corrected chi connectivity index (χ2v) is 9.30. The van der Waals surface area contributed by atoms with Crippen LogP contribution in [0.25, 0.3) is 0 Å². The van der Waals surface area contributed by atoms with Crippen LogP contribution in [0.2, 0.25) is 6.82 Å². The van der Waals surface area contributed by atoms with Gasteiger partial charge in [-0.05, 0) is 69.2 Å². The molecule has 7 nitrogen and oxygen atoms in total. The molecule has 154 valence electrons. The highest BCUT2D eigenvalue weighted by Gasteiger charge is 2.54. The predicted octanol–water partition coefficient (Wildman–Crippen LogP) is 2.37. The minimum atomic E-state index is -4.01. The maximum atomic E-state index is 13.4. The zero-order chi connectivity index (χ0) is 21.1. The Kier molecular flexibility index (Phi) is 6.31. The summed E-state index contributed by atoms with van der Waals surface area (Å²) in [6.07, 6.45) is 0.102. The van der Waals surface area contributed by atoms with Crippen LogP contribution in [0.1, 0.15) is 12.8 Å². The highest BCUT2D eigenvalue weighted by molar-refractivity contribution is 7.93. The van der Waals surface area contributed by atoms with E-state index in [4.69, 9.17) is 9.47 Å². The Hall–Kier alpha value is -2.36. The van der Waals surface area contributed by atoms with Gasteiger partial charge in [0.05, 0.1) is 12.0 Å². The van der Waals surface area contributed by atoms with E-state index in [1.807, 2.05) is 18.2 Å². The van der Waals surface area contributed by atoms with Crippen LogP contribution in [-0.2, 0) is 19.4 Å². The third-order valence-electron chi connectivity index (χ3n) is 5.32. The first-order chi connectivity index (χ1) is 13.8. The van der Waals surface area contributed by atoms with E-state index in [0.717, 1.165) is 0 Å². The summed E-state index contributed by atoms with van der Waals surface area (Å²) in [4.78, 5) is 14.4. The first-order valence-electron chi connectivity index (χ1n) is 9.38. The van der Waals surface area contributed by atoms with Gasteiger partial charge in [0.15, 0.2) is 14.6 Å². The normalized spacial score (nSPS) is 16.8. The lowest BCUT2D eigenvalue weighted by molar-refractivity contribution is -0.145. The standard InChI is InChI=1S/C20H24BNO6S/c1-21(24)22-14-12-20(13-15-22,19(23)27-2)29(25,26)18-10-8-17(9-11-18)28-16-6-4-3-5-7-16/h3-11,24H,12-15H2,1-2H3. The average Bonchev–Trinajstić information content (AvgIpc) is 2.74. The van der Waals surface area contributed by atoms with Crippen molar-refractivity contribution in [2.45, 2.75) is 29.3 Å². The number of ether oxygens (including phenoxy) is 2. The smallest absolute Gasteiger partial charge is 0.376 e. The van der Waals surface area contributed by atoms with Crippen molar-refractivity contribution >= 4 is 22.9 Å². The number of rotatable bonds is 6. The van der Waals surface area contributed by atoms with E-state index in [1.54, 1.807) is 35.9 Å². The van der Waals surface area contributed by atoms with Gasteiger partial charge in [-0.25, -0.2) is 8.42 Å². The molecule has 2 aromatic rings. The van der Waals surface area contributed by atoms with Crippen LogP contribution in [0.15, 0.2) is 59.5 Å². The molecule has 3 rings (SSSR count). The third kappa shape index (κ3) is 4.17. The minimum absolute atomic E-state index is 0.0359. The van der Waals surface area contributed by atoms with Crippen LogP contribution in [0, 0.1) is 0 Å². The summed E-state index contributed by atoms with van der Waals surface area (Å²) in [5.74, 6) is 0.359. The summed E-state index contributed by atoms with van der Waals surface area (Å²) in [5, 5.41) is 9.76. The molecule has 2 aromatic carbocycles. The van der Waals surface area contributed by atoms with Crippen LogP contribution in [0.4, 0.5) is 0 Å². The molecule has 1 heterocycles. The lowest BCUT2D eigenvalue weighted by atomic mass is 9.80. The maximum absolute atomic E-state index is 13.4. The number of esters is 1. The fraction of sp³-hybridized carbons (Fsp3) is 0.350. The van der Waals surface area contributed by atoms with Crippen molar-refractivity contribution in [2.24, 2.45) is 0 Å². The lowest BCUT2D eigenvalue weighted by Gasteiger charge is -2.39. The molecule has 0 aromatic heterocycles. The van der Waals surface area contributed by atoms with E-state index in [9.17, 15) is 18.2 Å². The van der Waals surface area contributed by atoms with Gasteiger partial charge in [-0.2, -0.15) is 0 Å². The van der Waals surface area contributed by atoms with Gasteiger partial charge in [0.1, 0.15) is 11.5 Å². The molecule has 0 spiro atoms. The first-order valence-corrected chi connectivity index (χ1v) is 10.9. The maximum Gasteiger partial charge on any atom is 0.376 e. The molecule has 1 fully saturated rings. The Bertz CT molecular complexity index is 939. The largest absolute Gasteiger partial charge is 0.468 e. The SMILES string of the molecule is COC(=O)C1(S(=O)(=O)c2ccc(Oc3ccccc3)cc2)CCN(B(C)O)CC1. The highest BCUT2D eigenvalue weighted by atomic mass is 32.2. The highest BCUT2D eigenvalue weighted by Crippen LogP contribution is 2.37. The summed E-state index contributed by atoms with van der Waals surface area (Å²) in [5.41, 5.74) is 0. The number of para-hydroxylation sites is 1. The van der Waals surface area contributed by atoms with Crippen molar-refractivity contribution in [2.75, 3.05) is 20.2 Å². The molecule has 1 saturated heterocycles. The van der Waals surface area contributed by atoms with Crippen LogP contribution in [0.3, 0.4) is 0 Å². The molecule has 1 aliphatic rings. The summed E-state index contributed by atoms with van der Waals surface area (Å²) in [7, 11) is -3.53. The van der Waals surface area contributed by atoms with Gasteiger partial charge >= 0.3 is 13.0 Å². The molecule has 0 saturated carbocycles. The number of methoxy groups -OCH3 is 1. The van der Waals surface area contributed by atoms with E-state index in [-0.39, 0.29) is 30.8 Å². The topological polar surface area (TPSA) is 93.1 Å². The Morgan fingerprint density at radius 3 is 2.10 bits per heavy atom. The molecular formula is C20H24BNO6S. The molecular weight excluding hydrogens is 393 g/mol. The molecule has 0 aliphatic carbocycles. The molecule has 0 radical (unpaired) electrons. The zero-order valence-electron chi connectivity index (χ0n) is 16.4. The number of benzene rings is 2. The van der Waals surface area contributed by atoms with Crippen LogP contribution in [0.5, 0.6) is 11.5 Å². The molecule has 9 heteroatoms. The van der Waals surface area contributed by atoms with Crippen LogP contribution < -0.4 is 4.74 Å². The van der Waals surface area contributed by atoms with Crippen LogP contribution >= 0.6 is 0 Å². The Labute approximate surface area is 171 Å². The molecule has 1 aliphatic heterocycles. The fourth-order valence-corrected chi connectivity index (χ4v) is 5.53. The van der Waals surface area contributed by atoms with Gasteiger partial charge in [0.2, 0.25) is 0 Å². The second kappa shape index (κ2) is 8.56. The van der Waals surface area contributed by atoms with Gasteiger partial charge in [-0.15, -0.1) is 0 Å². The van der Waals surface area contributed by atoms with Gasteiger partial charge in [0, 0.05) is 0 Å². The monoisotopic (exact) mass is 417 g/mol. The van der Waals surface area contributed by atoms with Crippen molar-refractivity contribution in [3.05, 3.63) is 54.6 Å². The molecule has 0 atom stereocenters. The number of carbonyl (C=O) groups excluding carboxylic acids is 1. The molecule has 0 unspecified atom stereocenters. The van der Waals surface area contributed by atoms with Gasteiger partial charge in [0.25, 0.3) is 0 Å². The molecule has 29 heavy (non-hydrogen) atoms. The summed E-state index contributed by atoms with van der Waals surface area (Å²) in [6, 6.07) is 15.2. The van der Waals surface area contributed by atoms with Gasteiger partial charge < -0.3 is 19.3 Å². The van der Waals surface area contributed by atoms with E-state index >= 15 is 0 Å². The number of carbonyl (C=O) groups is 1.